The lowest BCUT2D eigenvalue weighted by Gasteiger charge is -2.15. The number of thiazole rings is 1. The number of hydrogen-bond acceptors (Lipinski definition) is 6. The summed E-state index contributed by atoms with van der Waals surface area (Å²) in [6.45, 7) is 1.55. The lowest BCUT2D eigenvalue weighted by molar-refractivity contribution is -0.141. The van der Waals surface area contributed by atoms with Crippen LogP contribution in [0.4, 0.5) is 10.1 Å². The monoisotopic (exact) mass is 265 g/mol. The quantitative estimate of drug-likeness (QED) is 0.583. The predicted octanol–water partition coefficient (Wildman–Crippen LogP) is 0.232. The first-order chi connectivity index (χ1) is 7.54. The summed E-state index contributed by atoms with van der Waals surface area (Å²) in [6, 6.07) is 0. The van der Waals surface area contributed by atoms with Crippen molar-refractivity contribution >= 4 is 38.7 Å². The van der Waals surface area contributed by atoms with Gasteiger partial charge in [0.15, 0.2) is 5.13 Å². The number of nitrogen functional groups attached to an aromatic ring is 1. The summed E-state index contributed by atoms with van der Waals surface area (Å²) in [5.74, 6) is -0.586. The van der Waals surface area contributed by atoms with Crippen LogP contribution in [0.1, 0.15) is 6.92 Å². The highest BCUT2D eigenvalue weighted by atomic mass is 32.2. The van der Waals surface area contributed by atoms with E-state index >= 15 is 0 Å². The minimum atomic E-state index is -2.32. The first-order valence-corrected chi connectivity index (χ1v) is 6.18. The SMILES string of the molecule is CCOC(=O)CN(c1cnc(N)s1)S(=O)O. The number of rotatable bonds is 5. The smallest absolute Gasteiger partial charge is 0.326 e. The number of esters is 1. The summed E-state index contributed by atoms with van der Waals surface area (Å²) >= 11 is -1.30. The van der Waals surface area contributed by atoms with E-state index in [2.05, 4.69) is 9.72 Å². The zero-order valence-electron chi connectivity index (χ0n) is 8.45. The topological polar surface area (TPSA) is 106 Å². The largest absolute Gasteiger partial charge is 0.465 e. The van der Waals surface area contributed by atoms with E-state index in [1.807, 2.05) is 0 Å². The van der Waals surface area contributed by atoms with Crippen LogP contribution in [0.25, 0.3) is 0 Å². The van der Waals surface area contributed by atoms with Crippen molar-refractivity contribution in [2.75, 3.05) is 23.2 Å². The number of nitrogens with two attached hydrogens (primary N) is 1. The third kappa shape index (κ3) is 3.43. The molecule has 0 radical (unpaired) electrons. The van der Waals surface area contributed by atoms with Crippen LogP contribution in [0.3, 0.4) is 0 Å². The predicted molar refractivity (Wildman–Crippen MR) is 61.3 cm³/mol. The number of carbonyl (C=O) groups is 1. The van der Waals surface area contributed by atoms with Gasteiger partial charge >= 0.3 is 5.97 Å². The molecule has 0 saturated heterocycles. The second kappa shape index (κ2) is 5.77. The summed E-state index contributed by atoms with van der Waals surface area (Å²) in [5.41, 5.74) is 5.39. The zero-order valence-corrected chi connectivity index (χ0v) is 10.1. The number of nitrogens with zero attached hydrogens (tertiary/aromatic N) is 2. The van der Waals surface area contributed by atoms with E-state index in [1.54, 1.807) is 6.92 Å². The fourth-order valence-corrected chi connectivity index (χ4v) is 2.24. The number of anilines is 2. The molecule has 0 spiro atoms. The number of aromatic nitrogens is 1. The Balaban J connectivity index is 2.76. The molecule has 1 atom stereocenters. The third-order valence-electron chi connectivity index (χ3n) is 1.52. The Kier molecular flexibility index (Phi) is 4.65. The fourth-order valence-electron chi connectivity index (χ4n) is 0.928. The summed E-state index contributed by atoms with van der Waals surface area (Å²) in [4.78, 5) is 14.9. The second-order valence-corrected chi connectivity index (χ2v) is 4.55. The minimum absolute atomic E-state index is 0.218. The van der Waals surface area contributed by atoms with Gasteiger partial charge < -0.3 is 10.5 Å². The molecule has 90 valence electrons. The zero-order chi connectivity index (χ0) is 12.1. The highest BCUT2D eigenvalue weighted by Crippen LogP contribution is 2.25. The van der Waals surface area contributed by atoms with Crippen molar-refractivity contribution in [3.8, 4) is 0 Å². The third-order valence-corrected chi connectivity index (χ3v) is 3.19. The molecule has 0 bridgehead atoms. The van der Waals surface area contributed by atoms with Crippen LogP contribution in [-0.2, 0) is 20.8 Å². The maximum atomic E-state index is 11.2. The van der Waals surface area contributed by atoms with Crippen molar-refractivity contribution in [3.05, 3.63) is 6.20 Å². The summed E-state index contributed by atoms with van der Waals surface area (Å²) in [6.07, 6.45) is 1.33. The van der Waals surface area contributed by atoms with Gasteiger partial charge in [-0.2, -0.15) is 0 Å². The molecule has 9 heteroatoms. The molecule has 1 heterocycles. The van der Waals surface area contributed by atoms with Crippen LogP contribution in [0.2, 0.25) is 0 Å². The lowest BCUT2D eigenvalue weighted by atomic mass is 10.6. The van der Waals surface area contributed by atoms with Crippen LogP contribution in [0.15, 0.2) is 6.20 Å². The molecule has 16 heavy (non-hydrogen) atoms. The fraction of sp³-hybridized carbons (Fsp3) is 0.429. The van der Waals surface area contributed by atoms with E-state index in [0.29, 0.717) is 5.00 Å². The van der Waals surface area contributed by atoms with Gasteiger partial charge in [-0.05, 0) is 6.92 Å². The van der Waals surface area contributed by atoms with E-state index in [4.69, 9.17) is 10.3 Å². The highest BCUT2D eigenvalue weighted by molar-refractivity contribution is 7.81. The van der Waals surface area contributed by atoms with Gasteiger partial charge in [0.05, 0.1) is 12.8 Å². The average molecular weight is 265 g/mol. The Morgan fingerprint density at radius 2 is 2.50 bits per heavy atom. The maximum Gasteiger partial charge on any atom is 0.326 e. The van der Waals surface area contributed by atoms with Crippen molar-refractivity contribution in [2.24, 2.45) is 0 Å². The molecule has 0 aliphatic rings. The molecule has 0 aliphatic heterocycles. The molecule has 1 unspecified atom stereocenters. The van der Waals surface area contributed by atoms with Crippen LogP contribution < -0.4 is 10.0 Å². The molecular formula is C7H11N3O4S2. The van der Waals surface area contributed by atoms with Crippen molar-refractivity contribution in [1.82, 2.24) is 4.98 Å². The van der Waals surface area contributed by atoms with Crippen molar-refractivity contribution in [1.29, 1.82) is 0 Å². The summed E-state index contributed by atoms with van der Waals surface area (Å²) < 4.78 is 25.7. The normalized spacial score (nSPS) is 12.1. The minimum Gasteiger partial charge on any atom is -0.465 e. The molecule has 1 aromatic rings. The van der Waals surface area contributed by atoms with Crippen molar-refractivity contribution < 1.29 is 18.3 Å². The first-order valence-electron chi connectivity index (χ1n) is 4.30. The van der Waals surface area contributed by atoms with Gasteiger partial charge in [0.1, 0.15) is 11.5 Å². The number of ether oxygens (including phenoxy) is 1. The summed E-state index contributed by atoms with van der Waals surface area (Å²) in [7, 11) is 0. The standard InChI is InChI=1S/C7H11N3O4S2/c1-2-14-6(11)4-10(16(12)13)5-3-9-7(8)15-5/h3H,2,4H2,1H3,(H2,8,9)(H,12,13). The van der Waals surface area contributed by atoms with E-state index < -0.39 is 17.2 Å². The van der Waals surface area contributed by atoms with Crippen LogP contribution in [0.5, 0.6) is 0 Å². The Morgan fingerprint density at radius 1 is 1.81 bits per heavy atom. The molecule has 3 N–H and O–H groups in total. The van der Waals surface area contributed by atoms with E-state index in [-0.39, 0.29) is 18.3 Å². The Morgan fingerprint density at radius 3 is 2.94 bits per heavy atom. The van der Waals surface area contributed by atoms with Crippen LogP contribution in [-0.4, -0.2) is 32.9 Å². The van der Waals surface area contributed by atoms with Crippen LogP contribution >= 0.6 is 11.3 Å². The molecule has 0 amide bonds. The van der Waals surface area contributed by atoms with Crippen LogP contribution in [0, 0.1) is 0 Å². The number of hydrogen-bond donors (Lipinski definition) is 2. The first kappa shape index (κ1) is 12.9. The lowest BCUT2D eigenvalue weighted by Crippen LogP contribution is -2.31. The molecule has 0 fully saturated rings. The molecule has 1 rings (SSSR count). The second-order valence-electron chi connectivity index (χ2n) is 2.61. The van der Waals surface area contributed by atoms with Gasteiger partial charge in [-0.25, -0.2) is 13.5 Å². The average Bonchev–Trinajstić information content (AvgIpc) is 2.61. The number of carbonyl (C=O) groups excluding carboxylic acids is 1. The molecule has 0 aliphatic carbocycles. The van der Waals surface area contributed by atoms with Gasteiger partial charge in [0.2, 0.25) is 0 Å². The molecule has 7 nitrogen and oxygen atoms in total. The van der Waals surface area contributed by atoms with E-state index in [1.165, 1.54) is 6.20 Å². The van der Waals surface area contributed by atoms with E-state index in [9.17, 15) is 9.00 Å². The molecule has 0 aromatic carbocycles. The van der Waals surface area contributed by atoms with Crippen molar-refractivity contribution in [3.63, 3.8) is 0 Å². The van der Waals surface area contributed by atoms with Gasteiger partial charge in [-0.1, -0.05) is 11.3 Å². The highest BCUT2D eigenvalue weighted by Gasteiger charge is 2.19. The van der Waals surface area contributed by atoms with E-state index in [0.717, 1.165) is 15.6 Å². The molecule has 1 aromatic heterocycles. The van der Waals surface area contributed by atoms with Gasteiger partial charge in [0, 0.05) is 0 Å². The molecule has 0 saturated carbocycles. The van der Waals surface area contributed by atoms with Crippen molar-refractivity contribution in [2.45, 2.75) is 6.92 Å². The maximum absolute atomic E-state index is 11.2. The van der Waals surface area contributed by atoms with Gasteiger partial charge in [0.25, 0.3) is 11.3 Å². The molecular weight excluding hydrogens is 254 g/mol. The summed E-state index contributed by atoms with van der Waals surface area (Å²) in [5, 5.41) is 0.598. The Hall–Kier alpha value is -1.19. The Labute approximate surface area is 98.6 Å². The van der Waals surface area contributed by atoms with Gasteiger partial charge in [-0.3, -0.25) is 9.35 Å². The van der Waals surface area contributed by atoms with Gasteiger partial charge in [-0.15, -0.1) is 0 Å². The Bertz CT molecular complexity index is 395.